The molecule has 1 aliphatic heterocycles. The number of halogens is 1. The molecule has 0 bridgehead atoms. The second-order valence-corrected chi connectivity index (χ2v) is 5.40. The summed E-state index contributed by atoms with van der Waals surface area (Å²) in [5.41, 5.74) is 0.990. The molecule has 5 heteroatoms. The average Bonchev–Trinajstić information content (AvgIpc) is 2.37. The van der Waals surface area contributed by atoms with Crippen molar-refractivity contribution in [1.29, 1.82) is 0 Å². The van der Waals surface area contributed by atoms with Gasteiger partial charge in [-0.2, -0.15) is 0 Å². The third-order valence-electron chi connectivity index (χ3n) is 3.02. The normalized spacial score (nSPS) is 20.7. The van der Waals surface area contributed by atoms with Crippen LogP contribution >= 0.6 is 15.9 Å². The molecule has 4 nitrogen and oxygen atoms in total. The first kappa shape index (κ1) is 13.6. The molecule has 0 aliphatic carbocycles. The third kappa shape index (κ3) is 3.60. The van der Waals surface area contributed by atoms with Gasteiger partial charge < -0.3 is 19.7 Å². The lowest BCUT2D eigenvalue weighted by Crippen LogP contribution is -2.43. The van der Waals surface area contributed by atoms with E-state index in [4.69, 9.17) is 9.47 Å². The number of ether oxygens (including phenoxy) is 2. The minimum absolute atomic E-state index is 0.229. The van der Waals surface area contributed by atoms with Gasteiger partial charge in [0.15, 0.2) is 0 Å². The zero-order chi connectivity index (χ0) is 13.0. The van der Waals surface area contributed by atoms with Crippen LogP contribution in [-0.4, -0.2) is 51.4 Å². The summed E-state index contributed by atoms with van der Waals surface area (Å²) in [5.74, 6) is 0.849. The predicted octanol–water partition coefficient (Wildman–Crippen LogP) is 2.20. The SMILES string of the molecule is COc1ccc(Br)cc1NCC1CN(C)CCO1. The molecule has 0 amide bonds. The average molecular weight is 315 g/mol. The molecule has 0 aromatic heterocycles. The molecule has 100 valence electrons. The monoisotopic (exact) mass is 314 g/mol. The Kier molecular flexibility index (Phi) is 4.86. The van der Waals surface area contributed by atoms with E-state index in [2.05, 4.69) is 33.2 Å². The van der Waals surface area contributed by atoms with Gasteiger partial charge in [0.2, 0.25) is 0 Å². The minimum atomic E-state index is 0.229. The molecule has 0 spiro atoms. The topological polar surface area (TPSA) is 33.7 Å². The number of hydrogen-bond donors (Lipinski definition) is 1. The van der Waals surface area contributed by atoms with Crippen molar-refractivity contribution in [2.24, 2.45) is 0 Å². The van der Waals surface area contributed by atoms with Crippen LogP contribution in [0.25, 0.3) is 0 Å². The Bertz CT molecular complexity index is 401. The minimum Gasteiger partial charge on any atom is -0.495 e. The molecule has 18 heavy (non-hydrogen) atoms. The number of hydrogen-bond acceptors (Lipinski definition) is 4. The standard InChI is InChI=1S/C13H19BrN2O2/c1-16-5-6-18-11(9-16)8-15-12-7-10(14)3-4-13(12)17-2/h3-4,7,11,15H,5-6,8-9H2,1-2H3. The molecule has 1 aliphatic rings. The Hall–Kier alpha value is -0.780. The molecule has 1 N–H and O–H groups in total. The molecule has 0 saturated carbocycles. The summed E-state index contributed by atoms with van der Waals surface area (Å²) < 4.78 is 12.1. The highest BCUT2D eigenvalue weighted by Crippen LogP contribution is 2.27. The molecular weight excluding hydrogens is 296 g/mol. The lowest BCUT2D eigenvalue weighted by molar-refractivity contribution is -0.0117. The van der Waals surface area contributed by atoms with Crippen LogP contribution < -0.4 is 10.1 Å². The van der Waals surface area contributed by atoms with Crippen molar-refractivity contribution in [3.05, 3.63) is 22.7 Å². The van der Waals surface area contributed by atoms with Gasteiger partial charge in [-0.3, -0.25) is 0 Å². The summed E-state index contributed by atoms with van der Waals surface area (Å²) in [6.45, 7) is 3.57. The fraction of sp³-hybridized carbons (Fsp3) is 0.538. The van der Waals surface area contributed by atoms with E-state index in [9.17, 15) is 0 Å². The van der Waals surface area contributed by atoms with Crippen LogP contribution in [0, 0.1) is 0 Å². The zero-order valence-corrected chi connectivity index (χ0v) is 12.4. The van der Waals surface area contributed by atoms with E-state index in [1.807, 2.05) is 18.2 Å². The van der Waals surface area contributed by atoms with Crippen LogP contribution in [-0.2, 0) is 4.74 Å². The van der Waals surface area contributed by atoms with Crippen molar-refractivity contribution in [2.45, 2.75) is 6.10 Å². The van der Waals surface area contributed by atoms with E-state index in [1.54, 1.807) is 7.11 Å². The van der Waals surface area contributed by atoms with Gasteiger partial charge in [-0.1, -0.05) is 15.9 Å². The molecule has 1 atom stereocenters. The van der Waals surface area contributed by atoms with E-state index < -0.39 is 0 Å². The third-order valence-corrected chi connectivity index (χ3v) is 3.52. The number of anilines is 1. The molecule has 1 heterocycles. The first-order valence-corrected chi connectivity index (χ1v) is 6.86. The Morgan fingerprint density at radius 2 is 2.39 bits per heavy atom. The van der Waals surface area contributed by atoms with Gasteiger partial charge in [0.1, 0.15) is 5.75 Å². The molecule has 1 fully saturated rings. The number of methoxy groups -OCH3 is 1. The lowest BCUT2D eigenvalue weighted by atomic mass is 10.2. The van der Waals surface area contributed by atoms with Gasteiger partial charge in [-0.05, 0) is 25.2 Å². The highest BCUT2D eigenvalue weighted by atomic mass is 79.9. The van der Waals surface area contributed by atoms with Crippen LogP contribution in [0.5, 0.6) is 5.75 Å². The van der Waals surface area contributed by atoms with Gasteiger partial charge in [-0.15, -0.1) is 0 Å². The molecule has 1 unspecified atom stereocenters. The molecule has 1 saturated heterocycles. The van der Waals surface area contributed by atoms with Gasteiger partial charge in [0.25, 0.3) is 0 Å². The molecular formula is C13H19BrN2O2. The predicted molar refractivity (Wildman–Crippen MR) is 76.4 cm³/mol. The van der Waals surface area contributed by atoms with E-state index >= 15 is 0 Å². The molecule has 1 aromatic rings. The fourth-order valence-corrected chi connectivity index (χ4v) is 2.39. The van der Waals surface area contributed by atoms with Crippen molar-refractivity contribution in [3.63, 3.8) is 0 Å². The van der Waals surface area contributed by atoms with Gasteiger partial charge in [0.05, 0.1) is 25.5 Å². The van der Waals surface area contributed by atoms with Gasteiger partial charge >= 0.3 is 0 Å². The Labute approximate surface area is 116 Å². The molecule has 0 radical (unpaired) electrons. The first-order chi connectivity index (χ1) is 8.69. The maximum atomic E-state index is 5.72. The number of rotatable bonds is 4. The van der Waals surface area contributed by atoms with E-state index in [1.165, 1.54) is 0 Å². The van der Waals surface area contributed by atoms with E-state index in [0.29, 0.717) is 0 Å². The molecule has 2 rings (SSSR count). The summed E-state index contributed by atoms with van der Waals surface area (Å²) in [4.78, 5) is 2.29. The van der Waals surface area contributed by atoms with Crippen LogP contribution in [0.4, 0.5) is 5.69 Å². The van der Waals surface area contributed by atoms with Crippen LogP contribution in [0.1, 0.15) is 0 Å². The highest BCUT2D eigenvalue weighted by Gasteiger charge is 2.17. The van der Waals surface area contributed by atoms with E-state index in [-0.39, 0.29) is 6.10 Å². The zero-order valence-electron chi connectivity index (χ0n) is 10.8. The number of likely N-dealkylation sites (N-methyl/N-ethyl adjacent to an activating group) is 1. The second-order valence-electron chi connectivity index (χ2n) is 4.48. The Balaban J connectivity index is 1.94. The van der Waals surface area contributed by atoms with Crippen molar-refractivity contribution in [3.8, 4) is 5.75 Å². The van der Waals surface area contributed by atoms with E-state index in [0.717, 1.165) is 42.2 Å². The van der Waals surface area contributed by atoms with Crippen molar-refractivity contribution >= 4 is 21.6 Å². The number of nitrogens with one attached hydrogen (secondary N) is 1. The maximum absolute atomic E-state index is 5.72. The number of benzene rings is 1. The quantitative estimate of drug-likeness (QED) is 0.924. The highest BCUT2D eigenvalue weighted by molar-refractivity contribution is 9.10. The lowest BCUT2D eigenvalue weighted by Gasteiger charge is -2.30. The largest absolute Gasteiger partial charge is 0.495 e. The van der Waals surface area contributed by atoms with Crippen molar-refractivity contribution < 1.29 is 9.47 Å². The van der Waals surface area contributed by atoms with Crippen LogP contribution in [0.3, 0.4) is 0 Å². The van der Waals surface area contributed by atoms with Gasteiger partial charge in [-0.25, -0.2) is 0 Å². The summed E-state index contributed by atoms with van der Waals surface area (Å²) >= 11 is 3.47. The molecule has 1 aromatic carbocycles. The van der Waals surface area contributed by atoms with Crippen LogP contribution in [0.15, 0.2) is 22.7 Å². The van der Waals surface area contributed by atoms with Crippen molar-refractivity contribution in [2.75, 3.05) is 45.7 Å². The number of nitrogens with zero attached hydrogens (tertiary/aromatic N) is 1. The maximum Gasteiger partial charge on any atom is 0.142 e. The second kappa shape index (κ2) is 6.41. The first-order valence-electron chi connectivity index (χ1n) is 6.06. The fourth-order valence-electron chi connectivity index (χ4n) is 2.03. The van der Waals surface area contributed by atoms with Crippen molar-refractivity contribution in [1.82, 2.24) is 4.90 Å². The Morgan fingerprint density at radius 1 is 1.56 bits per heavy atom. The Morgan fingerprint density at radius 3 is 3.11 bits per heavy atom. The van der Waals surface area contributed by atoms with Crippen LogP contribution in [0.2, 0.25) is 0 Å². The number of morpholine rings is 1. The summed E-state index contributed by atoms with van der Waals surface area (Å²) in [7, 11) is 3.80. The smallest absolute Gasteiger partial charge is 0.142 e. The summed E-state index contributed by atoms with van der Waals surface area (Å²) in [6.07, 6.45) is 0.229. The summed E-state index contributed by atoms with van der Waals surface area (Å²) in [5, 5.41) is 3.39. The van der Waals surface area contributed by atoms with Gasteiger partial charge in [0, 0.05) is 24.1 Å². The summed E-state index contributed by atoms with van der Waals surface area (Å²) in [6, 6.07) is 5.93.